The third-order valence-corrected chi connectivity index (χ3v) is 5.18. The minimum absolute atomic E-state index is 0.203. The normalized spacial score (nSPS) is 12.7. The number of hydrogen-bond acceptors (Lipinski definition) is 2. The lowest BCUT2D eigenvalue weighted by atomic mass is 9.98. The van der Waals surface area contributed by atoms with Crippen LogP contribution < -0.4 is 5.32 Å². The Balaban J connectivity index is 2.48. The molecule has 0 saturated heterocycles. The fraction of sp³-hybridized carbons (Fsp3) is 0.286. The minimum atomic E-state index is 0.203. The molecular formula is C14H15BrClNS. The SMILES string of the molecule is CNC(c1ccc(Cl)s1)c1cc(C)c(Br)cc1C. The van der Waals surface area contributed by atoms with Gasteiger partial charge in [-0.05, 0) is 55.8 Å². The molecule has 0 fully saturated rings. The number of hydrogen-bond donors (Lipinski definition) is 1. The monoisotopic (exact) mass is 343 g/mol. The summed E-state index contributed by atoms with van der Waals surface area (Å²) < 4.78 is 1.99. The van der Waals surface area contributed by atoms with E-state index in [2.05, 4.69) is 53.3 Å². The first-order valence-corrected chi connectivity index (χ1v) is 7.71. The number of benzene rings is 1. The highest BCUT2D eigenvalue weighted by atomic mass is 79.9. The quantitative estimate of drug-likeness (QED) is 0.818. The molecule has 1 heterocycles. The van der Waals surface area contributed by atoms with Crippen LogP contribution in [0.1, 0.15) is 27.6 Å². The first-order valence-electron chi connectivity index (χ1n) is 5.72. The van der Waals surface area contributed by atoms with Crippen LogP contribution in [-0.2, 0) is 0 Å². The number of rotatable bonds is 3. The van der Waals surface area contributed by atoms with E-state index in [9.17, 15) is 0 Å². The van der Waals surface area contributed by atoms with Crippen LogP contribution in [0.2, 0.25) is 4.34 Å². The molecule has 0 amide bonds. The maximum atomic E-state index is 6.03. The second kappa shape index (κ2) is 5.74. The molecule has 0 bridgehead atoms. The van der Waals surface area contributed by atoms with Gasteiger partial charge in [-0.3, -0.25) is 0 Å². The van der Waals surface area contributed by atoms with Crippen LogP contribution in [0.3, 0.4) is 0 Å². The zero-order valence-corrected chi connectivity index (χ0v) is 13.7. The van der Waals surface area contributed by atoms with Gasteiger partial charge in [0.25, 0.3) is 0 Å². The molecule has 1 atom stereocenters. The van der Waals surface area contributed by atoms with Crippen molar-refractivity contribution >= 4 is 38.9 Å². The zero-order valence-electron chi connectivity index (χ0n) is 10.6. The lowest BCUT2D eigenvalue weighted by Gasteiger charge is -2.19. The smallest absolute Gasteiger partial charge is 0.0931 e. The van der Waals surface area contributed by atoms with E-state index < -0.39 is 0 Å². The van der Waals surface area contributed by atoms with Crippen molar-refractivity contribution in [1.29, 1.82) is 0 Å². The molecule has 0 saturated carbocycles. The molecule has 1 unspecified atom stereocenters. The van der Waals surface area contributed by atoms with Crippen molar-refractivity contribution in [3.63, 3.8) is 0 Å². The Bertz CT molecular complexity index is 565. The highest BCUT2D eigenvalue weighted by Gasteiger charge is 2.17. The fourth-order valence-electron chi connectivity index (χ4n) is 2.05. The third-order valence-electron chi connectivity index (χ3n) is 3.03. The molecule has 0 spiro atoms. The highest BCUT2D eigenvalue weighted by molar-refractivity contribution is 9.10. The van der Waals surface area contributed by atoms with Gasteiger partial charge in [-0.1, -0.05) is 33.6 Å². The van der Waals surface area contributed by atoms with Crippen molar-refractivity contribution in [1.82, 2.24) is 5.32 Å². The van der Waals surface area contributed by atoms with Crippen molar-refractivity contribution in [2.24, 2.45) is 0 Å². The summed E-state index contributed by atoms with van der Waals surface area (Å²) in [5.41, 5.74) is 3.83. The van der Waals surface area contributed by atoms with Crippen molar-refractivity contribution in [3.05, 3.63) is 54.6 Å². The molecule has 2 aromatic rings. The summed E-state index contributed by atoms with van der Waals surface area (Å²) >= 11 is 11.2. The Morgan fingerprint density at radius 3 is 2.50 bits per heavy atom. The number of aryl methyl sites for hydroxylation is 2. The van der Waals surface area contributed by atoms with Gasteiger partial charge in [0.15, 0.2) is 0 Å². The largest absolute Gasteiger partial charge is 0.309 e. The Morgan fingerprint density at radius 2 is 1.94 bits per heavy atom. The van der Waals surface area contributed by atoms with Gasteiger partial charge in [-0.15, -0.1) is 11.3 Å². The summed E-state index contributed by atoms with van der Waals surface area (Å²) in [6, 6.07) is 8.64. The molecule has 18 heavy (non-hydrogen) atoms. The van der Waals surface area contributed by atoms with Gasteiger partial charge in [0.2, 0.25) is 0 Å². The van der Waals surface area contributed by atoms with Gasteiger partial charge in [0.1, 0.15) is 0 Å². The predicted octanol–water partition coefficient (Wildman–Crippen LogP) is 5.09. The Morgan fingerprint density at radius 1 is 1.22 bits per heavy atom. The molecule has 0 aliphatic carbocycles. The average Bonchev–Trinajstić information content (AvgIpc) is 2.73. The predicted molar refractivity (Wildman–Crippen MR) is 83.8 cm³/mol. The molecular weight excluding hydrogens is 330 g/mol. The Hall–Kier alpha value is -0.350. The molecule has 1 N–H and O–H groups in total. The van der Waals surface area contributed by atoms with E-state index in [0.717, 1.165) is 8.81 Å². The maximum absolute atomic E-state index is 6.03. The minimum Gasteiger partial charge on any atom is -0.309 e. The Kier molecular flexibility index (Phi) is 4.49. The van der Waals surface area contributed by atoms with Crippen LogP contribution >= 0.6 is 38.9 Å². The van der Waals surface area contributed by atoms with E-state index in [1.165, 1.54) is 21.6 Å². The van der Waals surface area contributed by atoms with E-state index >= 15 is 0 Å². The standard InChI is InChI=1S/C14H15BrClNS/c1-8-7-11(15)9(2)6-10(8)14(17-3)12-4-5-13(16)18-12/h4-7,14,17H,1-3H3. The summed E-state index contributed by atoms with van der Waals surface area (Å²) in [5.74, 6) is 0. The number of thiophene rings is 1. The van der Waals surface area contributed by atoms with Crippen molar-refractivity contribution < 1.29 is 0 Å². The van der Waals surface area contributed by atoms with Gasteiger partial charge < -0.3 is 5.32 Å². The lowest BCUT2D eigenvalue weighted by Crippen LogP contribution is -2.17. The zero-order chi connectivity index (χ0) is 13.3. The van der Waals surface area contributed by atoms with Crippen molar-refractivity contribution in [2.75, 3.05) is 7.05 Å². The first kappa shape index (κ1) is 14.1. The average molecular weight is 345 g/mol. The summed E-state index contributed by atoms with van der Waals surface area (Å²) in [5, 5.41) is 3.37. The van der Waals surface area contributed by atoms with Crippen LogP contribution in [0.25, 0.3) is 0 Å². The van der Waals surface area contributed by atoms with Gasteiger partial charge in [-0.25, -0.2) is 0 Å². The molecule has 4 heteroatoms. The second-order valence-electron chi connectivity index (χ2n) is 4.32. The fourth-order valence-corrected chi connectivity index (χ4v) is 3.70. The number of nitrogens with one attached hydrogen (secondary N) is 1. The third kappa shape index (κ3) is 2.80. The first-order chi connectivity index (χ1) is 8.52. The summed E-state index contributed by atoms with van der Waals surface area (Å²) in [6.45, 7) is 4.25. The summed E-state index contributed by atoms with van der Waals surface area (Å²) in [6.07, 6.45) is 0. The van der Waals surface area contributed by atoms with Gasteiger partial charge in [-0.2, -0.15) is 0 Å². The summed E-state index contributed by atoms with van der Waals surface area (Å²) in [4.78, 5) is 1.24. The van der Waals surface area contributed by atoms with Crippen LogP contribution in [0, 0.1) is 13.8 Å². The lowest BCUT2D eigenvalue weighted by molar-refractivity contribution is 0.698. The Labute approximate surface area is 125 Å². The van der Waals surface area contributed by atoms with Gasteiger partial charge in [0, 0.05) is 9.35 Å². The molecule has 0 aliphatic heterocycles. The van der Waals surface area contributed by atoms with Crippen LogP contribution in [0.15, 0.2) is 28.7 Å². The molecule has 1 aromatic carbocycles. The molecule has 0 aliphatic rings. The van der Waals surface area contributed by atoms with E-state index in [-0.39, 0.29) is 6.04 Å². The molecule has 96 valence electrons. The van der Waals surface area contributed by atoms with E-state index in [0.29, 0.717) is 0 Å². The van der Waals surface area contributed by atoms with Gasteiger partial charge in [0.05, 0.1) is 10.4 Å². The highest BCUT2D eigenvalue weighted by Crippen LogP contribution is 2.34. The van der Waals surface area contributed by atoms with Crippen molar-refractivity contribution in [2.45, 2.75) is 19.9 Å². The molecule has 1 aromatic heterocycles. The number of halogens is 2. The van der Waals surface area contributed by atoms with E-state index in [4.69, 9.17) is 11.6 Å². The van der Waals surface area contributed by atoms with Crippen molar-refractivity contribution in [3.8, 4) is 0 Å². The summed E-state index contributed by atoms with van der Waals surface area (Å²) in [7, 11) is 1.98. The molecule has 0 radical (unpaired) electrons. The second-order valence-corrected chi connectivity index (χ2v) is 6.92. The molecule has 1 nitrogen and oxygen atoms in total. The van der Waals surface area contributed by atoms with Crippen LogP contribution in [0.4, 0.5) is 0 Å². The van der Waals surface area contributed by atoms with Crippen LogP contribution in [-0.4, -0.2) is 7.05 Å². The molecule has 2 rings (SSSR count). The topological polar surface area (TPSA) is 12.0 Å². The maximum Gasteiger partial charge on any atom is 0.0931 e. The van der Waals surface area contributed by atoms with E-state index in [1.54, 1.807) is 11.3 Å². The van der Waals surface area contributed by atoms with Crippen LogP contribution in [0.5, 0.6) is 0 Å². The van der Waals surface area contributed by atoms with Gasteiger partial charge >= 0.3 is 0 Å². The van der Waals surface area contributed by atoms with E-state index in [1.807, 2.05) is 13.1 Å².